The first-order chi connectivity index (χ1) is 14.1. The second-order valence-electron chi connectivity index (χ2n) is 6.47. The van der Waals surface area contributed by atoms with Crippen LogP contribution in [0.25, 0.3) is 0 Å². The Morgan fingerprint density at radius 1 is 1.17 bits per heavy atom. The zero-order valence-corrected chi connectivity index (χ0v) is 16.4. The van der Waals surface area contributed by atoms with Crippen LogP contribution in [-0.2, 0) is 11.3 Å². The van der Waals surface area contributed by atoms with Gasteiger partial charge in [-0.1, -0.05) is 30.3 Å². The molecule has 0 fully saturated rings. The molecule has 7 heteroatoms. The first-order valence-electron chi connectivity index (χ1n) is 8.97. The van der Waals surface area contributed by atoms with Crippen LogP contribution in [0.4, 0.5) is 0 Å². The van der Waals surface area contributed by atoms with Crippen molar-refractivity contribution >= 4 is 23.0 Å². The highest BCUT2D eigenvalue weighted by atomic mass is 32.1. The fourth-order valence-corrected chi connectivity index (χ4v) is 4.13. The summed E-state index contributed by atoms with van der Waals surface area (Å²) in [5.41, 5.74) is 1.33. The summed E-state index contributed by atoms with van der Waals surface area (Å²) in [5, 5.41) is 12.4. The molecule has 1 unspecified atom stereocenters. The van der Waals surface area contributed by atoms with Crippen LogP contribution in [0.1, 0.15) is 27.0 Å². The second kappa shape index (κ2) is 7.89. The Balaban J connectivity index is 1.79. The molecule has 3 aromatic rings. The number of pyridine rings is 1. The van der Waals surface area contributed by atoms with Crippen LogP contribution in [0.5, 0.6) is 5.75 Å². The second-order valence-corrected chi connectivity index (χ2v) is 7.42. The van der Waals surface area contributed by atoms with Crippen molar-refractivity contribution in [2.75, 3.05) is 7.11 Å². The van der Waals surface area contributed by atoms with Gasteiger partial charge in [0, 0.05) is 11.8 Å². The Hall–Kier alpha value is -3.45. The number of para-hydroxylation sites is 1. The van der Waals surface area contributed by atoms with Gasteiger partial charge in [0.25, 0.3) is 5.91 Å². The Morgan fingerprint density at radius 2 is 1.97 bits per heavy atom. The van der Waals surface area contributed by atoms with Crippen molar-refractivity contribution in [3.63, 3.8) is 0 Å². The number of Topliss-reactive ketones (excluding diaryl/α,β-unsaturated/α-hetero) is 1. The van der Waals surface area contributed by atoms with Crippen LogP contribution in [0, 0.1) is 0 Å². The predicted molar refractivity (Wildman–Crippen MR) is 109 cm³/mol. The molecule has 0 radical (unpaired) electrons. The van der Waals surface area contributed by atoms with E-state index in [9.17, 15) is 14.7 Å². The number of carbonyl (C=O) groups is 2. The molecule has 0 aliphatic carbocycles. The van der Waals surface area contributed by atoms with E-state index in [2.05, 4.69) is 4.98 Å². The van der Waals surface area contributed by atoms with E-state index in [1.807, 2.05) is 18.2 Å². The lowest BCUT2D eigenvalue weighted by Gasteiger charge is -2.26. The summed E-state index contributed by atoms with van der Waals surface area (Å²) < 4.78 is 5.40. The van der Waals surface area contributed by atoms with Crippen LogP contribution in [0.2, 0.25) is 0 Å². The number of benzene rings is 1. The summed E-state index contributed by atoms with van der Waals surface area (Å²) in [5.74, 6) is -0.887. The van der Waals surface area contributed by atoms with Crippen LogP contribution >= 0.6 is 11.3 Å². The molecule has 3 heterocycles. The van der Waals surface area contributed by atoms with E-state index in [-0.39, 0.29) is 17.9 Å². The van der Waals surface area contributed by atoms with Crippen molar-refractivity contribution in [2.45, 2.75) is 12.6 Å². The minimum atomic E-state index is -0.789. The van der Waals surface area contributed by atoms with Gasteiger partial charge in [-0.15, -0.1) is 11.3 Å². The van der Waals surface area contributed by atoms with Gasteiger partial charge in [-0.2, -0.15) is 0 Å². The molecular formula is C22H18N2O4S. The monoisotopic (exact) mass is 406 g/mol. The molecule has 1 aliphatic heterocycles. The quantitative estimate of drug-likeness (QED) is 0.628. The lowest BCUT2D eigenvalue weighted by atomic mass is 9.98. The number of aromatic nitrogens is 1. The summed E-state index contributed by atoms with van der Waals surface area (Å²) in [7, 11) is 1.56. The number of aliphatic hydroxyl groups is 1. The SMILES string of the molecule is COc1ccccc1CN1C(=O)C(O)=C(C(=O)c2cccs2)C1c1ccccn1. The van der Waals surface area contributed by atoms with Crippen molar-refractivity contribution in [2.24, 2.45) is 0 Å². The maximum Gasteiger partial charge on any atom is 0.290 e. The highest BCUT2D eigenvalue weighted by Crippen LogP contribution is 2.40. The molecule has 0 spiro atoms. The fraction of sp³-hybridized carbons (Fsp3) is 0.136. The minimum absolute atomic E-state index is 0.0473. The van der Waals surface area contributed by atoms with Gasteiger partial charge in [-0.25, -0.2) is 0 Å². The average molecular weight is 406 g/mol. The van der Waals surface area contributed by atoms with Crippen LogP contribution in [0.15, 0.2) is 77.5 Å². The lowest BCUT2D eigenvalue weighted by molar-refractivity contribution is -0.130. The number of ketones is 1. The zero-order chi connectivity index (χ0) is 20.4. The molecule has 1 amide bonds. The molecule has 0 bridgehead atoms. The van der Waals surface area contributed by atoms with Crippen molar-refractivity contribution < 1.29 is 19.4 Å². The van der Waals surface area contributed by atoms with Gasteiger partial charge < -0.3 is 14.7 Å². The Kier molecular flexibility index (Phi) is 5.14. The Bertz CT molecular complexity index is 1080. The maximum absolute atomic E-state index is 13.1. The molecule has 1 N–H and O–H groups in total. The summed E-state index contributed by atoms with van der Waals surface area (Å²) in [6.45, 7) is 0.162. The fourth-order valence-electron chi connectivity index (χ4n) is 3.45. The van der Waals surface area contributed by atoms with E-state index in [1.54, 1.807) is 55.1 Å². The number of rotatable bonds is 6. The van der Waals surface area contributed by atoms with Crippen LogP contribution in [0.3, 0.4) is 0 Å². The summed E-state index contributed by atoms with van der Waals surface area (Å²) in [4.78, 5) is 32.4. The number of hydrogen-bond donors (Lipinski definition) is 1. The van der Waals surface area contributed by atoms with E-state index in [1.165, 1.54) is 16.2 Å². The summed E-state index contributed by atoms with van der Waals surface area (Å²) in [6.07, 6.45) is 1.60. The smallest absolute Gasteiger partial charge is 0.290 e. The molecule has 0 saturated heterocycles. The number of nitrogens with zero attached hydrogens (tertiary/aromatic N) is 2. The summed E-state index contributed by atoms with van der Waals surface area (Å²) in [6, 6.07) is 15.3. The number of thiophene rings is 1. The third-order valence-corrected chi connectivity index (χ3v) is 5.66. The Morgan fingerprint density at radius 3 is 2.66 bits per heavy atom. The van der Waals surface area contributed by atoms with E-state index >= 15 is 0 Å². The molecule has 1 aliphatic rings. The van der Waals surface area contributed by atoms with Crippen LogP contribution < -0.4 is 4.74 Å². The predicted octanol–water partition coefficient (Wildman–Crippen LogP) is 3.93. The van der Waals surface area contributed by atoms with Gasteiger partial charge in [0.15, 0.2) is 5.76 Å². The first-order valence-corrected chi connectivity index (χ1v) is 9.85. The number of carbonyl (C=O) groups excluding carboxylic acids is 2. The largest absolute Gasteiger partial charge is 0.503 e. The molecule has 2 aromatic heterocycles. The normalized spacial score (nSPS) is 16.4. The van der Waals surface area contributed by atoms with Gasteiger partial charge in [0.1, 0.15) is 11.8 Å². The van der Waals surface area contributed by atoms with E-state index < -0.39 is 17.7 Å². The molecular weight excluding hydrogens is 388 g/mol. The maximum atomic E-state index is 13.1. The minimum Gasteiger partial charge on any atom is -0.503 e. The molecule has 4 rings (SSSR count). The van der Waals surface area contributed by atoms with Gasteiger partial charge >= 0.3 is 0 Å². The van der Waals surface area contributed by atoms with Gasteiger partial charge in [-0.05, 0) is 29.6 Å². The third kappa shape index (κ3) is 3.40. The number of hydrogen-bond acceptors (Lipinski definition) is 6. The molecule has 0 saturated carbocycles. The number of amides is 1. The standard InChI is InChI=1S/C22H18N2O4S/c1-28-16-9-3-2-7-14(16)13-24-19(15-8-4-5-11-23-15)18(21(26)22(24)27)20(25)17-10-6-12-29-17/h2-12,19,26H,13H2,1H3. The molecule has 1 atom stereocenters. The first kappa shape index (κ1) is 18.9. The summed E-state index contributed by atoms with van der Waals surface area (Å²) >= 11 is 1.26. The molecule has 146 valence electrons. The van der Waals surface area contributed by atoms with E-state index in [0.717, 1.165) is 5.56 Å². The van der Waals surface area contributed by atoms with Gasteiger partial charge in [-0.3, -0.25) is 14.6 Å². The van der Waals surface area contributed by atoms with Crippen molar-refractivity contribution in [3.8, 4) is 5.75 Å². The molecule has 29 heavy (non-hydrogen) atoms. The zero-order valence-electron chi connectivity index (χ0n) is 15.6. The topological polar surface area (TPSA) is 79.7 Å². The van der Waals surface area contributed by atoms with E-state index in [4.69, 9.17) is 4.74 Å². The number of methoxy groups -OCH3 is 1. The van der Waals surface area contributed by atoms with Crippen molar-refractivity contribution in [3.05, 3.63) is 93.6 Å². The molecule has 6 nitrogen and oxygen atoms in total. The van der Waals surface area contributed by atoms with Gasteiger partial charge in [0.2, 0.25) is 5.78 Å². The number of ether oxygens (including phenoxy) is 1. The van der Waals surface area contributed by atoms with Crippen molar-refractivity contribution in [1.29, 1.82) is 0 Å². The number of aliphatic hydroxyl groups excluding tert-OH is 1. The molecule has 1 aromatic carbocycles. The Labute approximate surface area is 171 Å². The van der Waals surface area contributed by atoms with Gasteiger partial charge in [0.05, 0.1) is 29.8 Å². The van der Waals surface area contributed by atoms with E-state index in [0.29, 0.717) is 16.3 Å². The average Bonchev–Trinajstić information content (AvgIpc) is 3.38. The lowest BCUT2D eigenvalue weighted by Crippen LogP contribution is -2.31. The highest BCUT2D eigenvalue weighted by Gasteiger charge is 2.44. The third-order valence-electron chi connectivity index (χ3n) is 4.79. The van der Waals surface area contributed by atoms with Crippen molar-refractivity contribution in [1.82, 2.24) is 9.88 Å². The van der Waals surface area contributed by atoms with Crippen LogP contribution in [-0.4, -0.2) is 33.8 Å². The highest BCUT2D eigenvalue weighted by molar-refractivity contribution is 7.12.